The van der Waals surface area contributed by atoms with Crippen LogP contribution in [0.2, 0.25) is 0 Å². The number of thiazole rings is 1. The molecule has 8 nitrogen and oxygen atoms in total. The van der Waals surface area contributed by atoms with E-state index in [0.29, 0.717) is 26.3 Å². The van der Waals surface area contributed by atoms with Crippen LogP contribution in [-0.2, 0) is 9.53 Å². The molecular formula is C34H34N4O4S. The number of aryl methyl sites for hydroxylation is 2. The normalized spacial score (nSPS) is 16.2. The van der Waals surface area contributed by atoms with Crippen LogP contribution in [0.3, 0.4) is 0 Å². The highest BCUT2D eigenvalue weighted by Gasteiger charge is 2.24. The number of rotatable bonds is 6. The van der Waals surface area contributed by atoms with E-state index < -0.39 is 5.91 Å². The van der Waals surface area contributed by atoms with Crippen molar-refractivity contribution in [2.24, 2.45) is 5.18 Å². The number of benzene rings is 2. The fraction of sp³-hybridized carbons (Fsp3) is 0.353. The number of hydrogen-bond donors (Lipinski definition) is 0. The quantitative estimate of drug-likeness (QED) is 0.170. The van der Waals surface area contributed by atoms with Crippen molar-refractivity contribution in [1.29, 1.82) is 0 Å². The van der Waals surface area contributed by atoms with Crippen molar-refractivity contribution in [3.63, 3.8) is 0 Å². The van der Waals surface area contributed by atoms with Crippen LogP contribution in [0, 0.1) is 18.8 Å². The van der Waals surface area contributed by atoms with Crippen molar-refractivity contribution >= 4 is 40.1 Å². The Morgan fingerprint density at radius 1 is 1.00 bits per heavy atom. The molecule has 2 aromatic carbocycles. The van der Waals surface area contributed by atoms with Crippen molar-refractivity contribution in [2.75, 3.05) is 26.3 Å². The van der Waals surface area contributed by atoms with Gasteiger partial charge in [0.15, 0.2) is 0 Å². The monoisotopic (exact) mass is 594 g/mol. The Hall–Kier alpha value is -4.08. The number of ether oxygens (including phenoxy) is 1. The number of carbonyl (C=O) groups excluding carboxylic acids is 2. The molecule has 0 unspecified atom stereocenters. The van der Waals surface area contributed by atoms with E-state index in [1.807, 2.05) is 32.0 Å². The van der Waals surface area contributed by atoms with Crippen molar-refractivity contribution in [2.45, 2.75) is 51.9 Å². The second-order valence-corrected chi connectivity index (χ2v) is 12.5. The highest BCUT2D eigenvalue weighted by Crippen LogP contribution is 2.42. The molecule has 2 amide bonds. The topological polar surface area (TPSA) is 102 Å². The zero-order chi connectivity index (χ0) is 29.9. The number of carbonyl (C=O) groups is 2. The van der Waals surface area contributed by atoms with Gasteiger partial charge < -0.3 is 9.64 Å². The molecule has 43 heavy (non-hydrogen) atoms. The fourth-order valence-corrected chi connectivity index (χ4v) is 7.18. The van der Waals surface area contributed by atoms with Crippen molar-refractivity contribution in [3.8, 4) is 21.7 Å². The zero-order valence-corrected chi connectivity index (χ0v) is 25.3. The van der Waals surface area contributed by atoms with Crippen LogP contribution in [0.25, 0.3) is 38.7 Å². The van der Waals surface area contributed by atoms with Crippen LogP contribution in [0.1, 0.15) is 70.2 Å². The summed E-state index contributed by atoms with van der Waals surface area (Å²) in [5.41, 5.74) is 6.70. The number of morpholine rings is 1. The van der Waals surface area contributed by atoms with Gasteiger partial charge in [0.25, 0.3) is 0 Å². The van der Waals surface area contributed by atoms with Crippen LogP contribution in [-0.4, -0.2) is 53.0 Å². The number of aromatic nitrogens is 2. The smallest absolute Gasteiger partial charge is 0.316 e. The molecule has 0 radical (unpaired) electrons. The average Bonchev–Trinajstić information content (AvgIpc) is 3.40. The molecule has 1 aliphatic carbocycles. The minimum absolute atomic E-state index is 0.109. The molecule has 220 valence electrons. The second kappa shape index (κ2) is 12.7. The minimum Gasteiger partial charge on any atom is -0.378 e. The van der Waals surface area contributed by atoms with Gasteiger partial charge in [-0.2, -0.15) is 0 Å². The van der Waals surface area contributed by atoms with Crippen LogP contribution >= 0.6 is 11.3 Å². The molecule has 9 heteroatoms. The second-order valence-electron chi connectivity index (χ2n) is 11.3. The van der Waals surface area contributed by atoms with E-state index in [0.717, 1.165) is 80.1 Å². The van der Waals surface area contributed by atoms with Gasteiger partial charge in [-0.25, -0.2) is 9.97 Å². The maximum Gasteiger partial charge on any atom is 0.316 e. The third-order valence-corrected chi connectivity index (χ3v) is 9.51. The Morgan fingerprint density at radius 2 is 1.79 bits per heavy atom. The van der Waals surface area contributed by atoms with Crippen LogP contribution in [0.5, 0.6) is 0 Å². The van der Waals surface area contributed by atoms with Gasteiger partial charge in [0, 0.05) is 35.3 Å². The van der Waals surface area contributed by atoms with E-state index in [2.05, 4.69) is 28.4 Å². The maximum absolute atomic E-state index is 13.1. The summed E-state index contributed by atoms with van der Waals surface area (Å²) in [6.07, 6.45) is 8.74. The largest absolute Gasteiger partial charge is 0.378 e. The number of fused-ring (bicyclic) bond motifs is 1. The first-order chi connectivity index (χ1) is 20.9. The maximum atomic E-state index is 13.1. The first-order valence-electron chi connectivity index (χ1n) is 14.9. The van der Waals surface area contributed by atoms with Gasteiger partial charge in [0.05, 0.1) is 40.0 Å². The van der Waals surface area contributed by atoms with Crippen LogP contribution < -0.4 is 0 Å². The predicted molar refractivity (Wildman–Crippen MR) is 170 cm³/mol. The summed E-state index contributed by atoms with van der Waals surface area (Å²) in [7, 11) is 0. The number of amides is 2. The lowest BCUT2D eigenvalue weighted by Crippen LogP contribution is -2.39. The number of pyridine rings is 1. The lowest BCUT2D eigenvalue weighted by atomic mass is 9.78. The van der Waals surface area contributed by atoms with E-state index in [4.69, 9.17) is 9.72 Å². The third-order valence-electron chi connectivity index (χ3n) is 8.42. The van der Waals surface area contributed by atoms with Crippen molar-refractivity contribution in [3.05, 3.63) is 80.8 Å². The fourth-order valence-electron chi connectivity index (χ4n) is 6.29. The molecule has 0 spiro atoms. The first kappa shape index (κ1) is 29.0. The van der Waals surface area contributed by atoms with Gasteiger partial charge in [-0.05, 0) is 91.3 Å². The molecule has 0 atom stereocenters. The minimum atomic E-state index is -0.804. The molecule has 1 aliphatic heterocycles. The highest BCUT2D eigenvalue weighted by molar-refractivity contribution is 7.15. The Bertz CT molecular complexity index is 1730. The zero-order valence-electron chi connectivity index (χ0n) is 24.5. The molecule has 6 rings (SSSR count). The van der Waals surface area contributed by atoms with Gasteiger partial charge in [-0.1, -0.05) is 31.4 Å². The Kier molecular flexibility index (Phi) is 8.54. The van der Waals surface area contributed by atoms with Crippen molar-refractivity contribution < 1.29 is 14.3 Å². The summed E-state index contributed by atoms with van der Waals surface area (Å²) in [6.45, 7) is 6.12. The van der Waals surface area contributed by atoms with E-state index >= 15 is 0 Å². The summed E-state index contributed by atoms with van der Waals surface area (Å²) in [5, 5.41) is 4.73. The molecule has 0 bridgehead atoms. The summed E-state index contributed by atoms with van der Waals surface area (Å²) in [6, 6.07) is 13.9. The SMILES string of the molecule is Cc1nc(C)c(-c2ccc3cc(-c4c(/C=C/C(=O)N5CCOCC5)cc(C(=O)N=O)cc4C4CCCCC4)ccc3n2)s1. The summed E-state index contributed by atoms with van der Waals surface area (Å²) >= 11 is 1.64. The van der Waals surface area contributed by atoms with Gasteiger partial charge in [-0.15, -0.1) is 16.2 Å². The van der Waals surface area contributed by atoms with E-state index in [1.165, 1.54) is 6.42 Å². The van der Waals surface area contributed by atoms with Crippen LogP contribution in [0.15, 0.2) is 53.7 Å². The molecule has 0 N–H and O–H groups in total. The summed E-state index contributed by atoms with van der Waals surface area (Å²) in [4.78, 5) is 49.3. The lowest BCUT2D eigenvalue weighted by molar-refractivity contribution is -0.129. The number of hydrogen-bond acceptors (Lipinski definition) is 7. The average molecular weight is 595 g/mol. The molecule has 3 heterocycles. The van der Waals surface area contributed by atoms with E-state index in [-0.39, 0.29) is 17.4 Å². The standard InChI is InChI=1S/C34H34N4O4S/c1-21-33(43-22(2)35-21)30-12-8-24-18-25(9-11-29(24)36-30)32-26(10-13-31(39)38-14-16-42-17-15-38)19-27(34(40)37-41)20-28(32)23-6-4-3-5-7-23/h8-13,18-20,23H,3-7,14-17H2,1-2H3/b13-10+. The van der Waals surface area contributed by atoms with E-state index in [1.54, 1.807) is 34.5 Å². The molecule has 2 aliphatic rings. The third kappa shape index (κ3) is 6.19. The summed E-state index contributed by atoms with van der Waals surface area (Å²) < 4.78 is 5.40. The number of nitrogens with zero attached hydrogens (tertiary/aromatic N) is 4. The van der Waals surface area contributed by atoms with Gasteiger partial charge >= 0.3 is 5.91 Å². The molecular weight excluding hydrogens is 560 g/mol. The van der Waals surface area contributed by atoms with Crippen molar-refractivity contribution in [1.82, 2.24) is 14.9 Å². The molecule has 2 aromatic heterocycles. The Morgan fingerprint density at radius 3 is 2.51 bits per heavy atom. The van der Waals surface area contributed by atoms with Gasteiger partial charge in [0.2, 0.25) is 5.91 Å². The first-order valence-corrected chi connectivity index (χ1v) is 15.7. The molecule has 2 fully saturated rings. The summed E-state index contributed by atoms with van der Waals surface area (Å²) in [5.74, 6) is -0.678. The van der Waals surface area contributed by atoms with Crippen LogP contribution in [0.4, 0.5) is 0 Å². The molecule has 1 saturated heterocycles. The number of nitroso groups, excluding NO2 is 1. The van der Waals surface area contributed by atoms with E-state index in [9.17, 15) is 14.5 Å². The predicted octanol–water partition coefficient (Wildman–Crippen LogP) is 7.47. The van der Waals surface area contributed by atoms with Gasteiger partial charge in [-0.3, -0.25) is 9.59 Å². The Labute approximate surface area is 254 Å². The molecule has 4 aromatic rings. The van der Waals surface area contributed by atoms with Gasteiger partial charge in [0.1, 0.15) is 0 Å². The lowest BCUT2D eigenvalue weighted by Gasteiger charge is -2.27. The Balaban J connectivity index is 1.48. The molecule has 1 saturated carbocycles. The highest BCUT2D eigenvalue weighted by atomic mass is 32.1.